The molecule has 1 amide bonds. The third kappa shape index (κ3) is 3.61. The summed E-state index contributed by atoms with van der Waals surface area (Å²) in [4.78, 5) is 23.8. The van der Waals surface area contributed by atoms with Gasteiger partial charge in [0.15, 0.2) is 5.75 Å². The van der Waals surface area contributed by atoms with Gasteiger partial charge in [0.25, 0.3) is 0 Å². The number of aliphatic hydroxyl groups excluding tert-OH is 1. The van der Waals surface area contributed by atoms with Gasteiger partial charge in [-0.3, -0.25) is 9.59 Å². The SMILES string of the molecule is CC(=O)O[C@@H]1C[C@H]2/C=C\C[C@@H](O)[C@@H](C)C(=O)Nc3cc(O)cc1c3O2. The van der Waals surface area contributed by atoms with Crippen molar-refractivity contribution in [2.45, 2.75) is 45.0 Å². The first-order chi connectivity index (χ1) is 11.8. The van der Waals surface area contributed by atoms with Crippen LogP contribution in [0, 0.1) is 5.92 Å². The molecule has 0 unspecified atom stereocenters. The molecule has 2 bridgehead atoms. The molecular formula is C18H21NO6. The van der Waals surface area contributed by atoms with Gasteiger partial charge in [0.1, 0.15) is 18.0 Å². The third-order valence-corrected chi connectivity index (χ3v) is 4.45. The van der Waals surface area contributed by atoms with Crippen LogP contribution in [0.2, 0.25) is 0 Å². The van der Waals surface area contributed by atoms with E-state index in [0.717, 1.165) is 0 Å². The van der Waals surface area contributed by atoms with E-state index in [1.165, 1.54) is 19.1 Å². The first-order valence-electron chi connectivity index (χ1n) is 8.21. The Balaban J connectivity index is 2.09. The van der Waals surface area contributed by atoms with Crippen LogP contribution in [0.1, 0.15) is 38.4 Å². The number of anilines is 1. The Kier molecular flexibility index (Phi) is 4.67. The Labute approximate surface area is 145 Å². The number of nitrogens with one attached hydrogen (secondary N) is 1. The zero-order valence-corrected chi connectivity index (χ0v) is 14.1. The lowest BCUT2D eigenvalue weighted by molar-refractivity contribution is -0.148. The highest BCUT2D eigenvalue weighted by molar-refractivity contribution is 5.94. The molecule has 134 valence electrons. The van der Waals surface area contributed by atoms with Gasteiger partial charge >= 0.3 is 5.97 Å². The maximum Gasteiger partial charge on any atom is 0.303 e. The number of hydrogen-bond acceptors (Lipinski definition) is 6. The number of carbonyl (C=O) groups excluding carboxylic acids is 2. The molecule has 3 rings (SSSR count). The molecule has 0 radical (unpaired) electrons. The Morgan fingerprint density at radius 3 is 2.88 bits per heavy atom. The van der Waals surface area contributed by atoms with Gasteiger partial charge in [0, 0.05) is 25.0 Å². The van der Waals surface area contributed by atoms with E-state index in [9.17, 15) is 19.8 Å². The summed E-state index contributed by atoms with van der Waals surface area (Å²) in [6, 6.07) is 2.85. The van der Waals surface area contributed by atoms with E-state index >= 15 is 0 Å². The molecule has 0 spiro atoms. The van der Waals surface area contributed by atoms with Crippen molar-refractivity contribution in [3.8, 4) is 11.5 Å². The molecule has 2 heterocycles. The standard InChI is InChI=1S/C18H21NO6/c1-9-15(22)5-3-4-12-8-16(24-10(2)20)13-6-11(21)7-14(17(13)25-12)19-18(9)23/h3-4,6-7,9,12,15-16,21-22H,5,8H2,1-2H3,(H,19,23)/b4-3-/t9-,12-,15-,16-/m1/s1. The van der Waals surface area contributed by atoms with Crippen molar-refractivity contribution in [2.24, 2.45) is 5.92 Å². The minimum atomic E-state index is -0.833. The summed E-state index contributed by atoms with van der Waals surface area (Å²) in [6.07, 6.45) is 2.44. The van der Waals surface area contributed by atoms with E-state index in [1.54, 1.807) is 19.1 Å². The van der Waals surface area contributed by atoms with Crippen LogP contribution in [-0.2, 0) is 14.3 Å². The zero-order chi connectivity index (χ0) is 18.1. The van der Waals surface area contributed by atoms with Gasteiger partial charge in [-0.2, -0.15) is 0 Å². The highest BCUT2D eigenvalue weighted by Gasteiger charge is 2.33. The van der Waals surface area contributed by atoms with Crippen LogP contribution in [0.15, 0.2) is 24.3 Å². The molecule has 1 aromatic carbocycles. The second kappa shape index (κ2) is 6.76. The second-order valence-electron chi connectivity index (χ2n) is 6.41. The summed E-state index contributed by atoms with van der Waals surface area (Å²) in [6.45, 7) is 2.95. The topological polar surface area (TPSA) is 105 Å². The Hall–Kier alpha value is -2.54. The van der Waals surface area contributed by atoms with Crippen molar-refractivity contribution in [1.82, 2.24) is 0 Å². The summed E-state index contributed by atoms with van der Waals surface area (Å²) in [5.74, 6) is -1.17. The molecule has 7 nitrogen and oxygen atoms in total. The summed E-state index contributed by atoms with van der Waals surface area (Å²) in [7, 11) is 0. The fourth-order valence-electron chi connectivity index (χ4n) is 3.06. The monoisotopic (exact) mass is 347 g/mol. The average Bonchev–Trinajstić information content (AvgIpc) is 2.55. The fraction of sp³-hybridized carbons (Fsp3) is 0.444. The number of aromatic hydroxyl groups is 1. The number of phenolic OH excluding ortho intramolecular Hbond substituents is 1. The molecule has 0 saturated heterocycles. The molecule has 0 saturated carbocycles. The minimum absolute atomic E-state index is 0.0770. The van der Waals surface area contributed by atoms with Crippen molar-refractivity contribution < 1.29 is 29.3 Å². The molecule has 25 heavy (non-hydrogen) atoms. The number of aliphatic hydroxyl groups is 1. The molecule has 1 aromatic rings. The van der Waals surface area contributed by atoms with Gasteiger partial charge < -0.3 is 25.0 Å². The number of hydrogen-bond donors (Lipinski definition) is 3. The molecule has 0 fully saturated rings. The number of rotatable bonds is 1. The molecule has 4 atom stereocenters. The van der Waals surface area contributed by atoms with E-state index in [1.807, 2.05) is 0 Å². The van der Waals surface area contributed by atoms with Crippen molar-refractivity contribution in [3.63, 3.8) is 0 Å². The number of benzene rings is 1. The van der Waals surface area contributed by atoms with Crippen LogP contribution in [0.25, 0.3) is 0 Å². The lowest BCUT2D eigenvalue weighted by Gasteiger charge is -2.32. The Morgan fingerprint density at radius 1 is 1.40 bits per heavy atom. The molecule has 0 aromatic heterocycles. The van der Waals surface area contributed by atoms with E-state index in [0.29, 0.717) is 24.2 Å². The largest absolute Gasteiger partial charge is 0.508 e. The summed E-state index contributed by atoms with van der Waals surface area (Å²) < 4.78 is 11.3. The average molecular weight is 347 g/mol. The maximum absolute atomic E-state index is 12.4. The number of amides is 1. The smallest absolute Gasteiger partial charge is 0.303 e. The lowest BCUT2D eigenvalue weighted by Crippen LogP contribution is -2.30. The zero-order valence-electron chi connectivity index (χ0n) is 14.1. The summed E-state index contributed by atoms with van der Waals surface area (Å²) in [5.41, 5.74) is 0.791. The van der Waals surface area contributed by atoms with Gasteiger partial charge in [-0.25, -0.2) is 0 Å². The summed E-state index contributed by atoms with van der Waals surface area (Å²) >= 11 is 0. The van der Waals surface area contributed by atoms with Crippen LogP contribution in [-0.4, -0.2) is 34.3 Å². The molecule has 7 heteroatoms. The first kappa shape index (κ1) is 17.3. The Morgan fingerprint density at radius 2 is 2.16 bits per heavy atom. The number of esters is 1. The fourth-order valence-corrected chi connectivity index (χ4v) is 3.06. The van der Waals surface area contributed by atoms with Gasteiger partial charge in [0.05, 0.1) is 17.7 Å². The van der Waals surface area contributed by atoms with Crippen molar-refractivity contribution in [1.29, 1.82) is 0 Å². The van der Waals surface area contributed by atoms with Gasteiger partial charge in [0.2, 0.25) is 5.91 Å². The Bertz CT molecular complexity index is 729. The number of carbonyl (C=O) groups is 2. The molecule has 2 aliphatic heterocycles. The minimum Gasteiger partial charge on any atom is -0.508 e. The number of phenols is 1. The maximum atomic E-state index is 12.4. The molecule has 2 aliphatic rings. The van der Waals surface area contributed by atoms with Crippen molar-refractivity contribution in [2.75, 3.05) is 5.32 Å². The highest BCUT2D eigenvalue weighted by Crippen LogP contribution is 2.45. The first-order valence-corrected chi connectivity index (χ1v) is 8.21. The molecular weight excluding hydrogens is 326 g/mol. The normalized spacial score (nSPS) is 29.6. The van der Waals surface area contributed by atoms with Crippen LogP contribution >= 0.6 is 0 Å². The summed E-state index contributed by atoms with van der Waals surface area (Å²) in [5, 5.41) is 22.8. The van der Waals surface area contributed by atoms with E-state index < -0.39 is 24.1 Å². The highest BCUT2D eigenvalue weighted by atomic mass is 16.6. The predicted octanol–water partition coefficient (Wildman–Crippen LogP) is 2.04. The molecule has 3 N–H and O–H groups in total. The van der Waals surface area contributed by atoms with Crippen molar-refractivity contribution in [3.05, 3.63) is 29.8 Å². The predicted molar refractivity (Wildman–Crippen MR) is 89.2 cm³/mol. The second-order valence-corrected chi connectivity index (χ2v) is 6.41. The van der Waals surface area contributed by atoms with E-state index in [2.05, 4.69) is 5.32 Å². The third-order valence-electron chi connectivity index (χ3n) is 4.45. The molecule has 0 aliphatic carbocycles. The van der Waals surface area contributed by atoms with Gasteiger partial charge in [-0.05, 0) is 18.6 Å². The van der Waals surface area contributed by atoms with Crippen molar-refractivity contribution >= 4 is 17.6 Å². The van der Waals surface area contributed by atoms with Gasteiger partial charge in [-0.1, -0.05) is 13.0 Å². The lowest BCUT2D eigenvalue weighted by atomic mass is 9.97. The van der Waals surface area contributed by atoms with E-state index in [-0.39, 0.29) is 23.4 Å². The van der Waals surface area contributed by atoms with Crippen LogP contribution in [0.3, 0.4) is 0 Å². The van der Waals surface area contributed by atoms with E-state index in [4.69, 9.17) is 9.47 Å². The number of fused-ring (bicyclic) bond motifs is 1. The quantitative estimate of drug-likeness (QED) is 0.530. The van der Waals surface area contributed by atoms with Crippen LogP contribution < -0.4 is 10.1 Å². The van der Waals surface area contributed by atoms with Gasteiger partial charge in [-0.15, -0.1) is 0 Å². The number of ether oxygens (including phenoxy) is 2. The van der Waals surface area contributed by atoms with Crippen LogP contribution in [0.4, 0.5) is 5.69 Å². The van der Waals surface area contributed by atoms with Crippen LogP contribution in [0.5, 0.6) is 11.5 Å².